The van der Waals surface area contributed by atoms with Crippen molar-refractivity contribution in [2.75, 3.05) is 0 Å². The second kappa shape index (κ2) is 8.18. The molecule has 2 aromatic carbocycles. The summed E-state index contributed by atoms with van der Waals surface area (Å²) in [6.07, 6.45) is -0.209. The van der Waals surface area contributed by atoms with Crippen LogP contribution in [0.3, 0.4) is 0 Å². The number of aromatic nitrogens is 3. The van der Waals surface area contributed by atoms with Crippen molar-refractivity contribution in [2.24, 2.45) is 4.99 Å². The molecule has 0 aliphatic carbocycles. The monoisotopic (exact) mass is 476 g/mol. The van der Waals surface area contributed by atoms with Gasteiger partial charge in [0.15, 0.2) is 17.4 Å². The second-order valence-electron chi connectivity index (χ2n) is 8.24. The third-order valence-electron chi connectivity index (χ3n) is 6.05. The number of phenolic OH excluding ortho intramolecular Hbond substituents is 1. The third-order valence-corrected chi connectivity index (χ3v) is 7.24. The molecule has 7 nitrogen and oxygen atoms in total. The zero-order chi connectivity index (χ0) is 24.1. The predicted octanol–water partition coefficient (Wildman–Crippen LogP) is 5.13. The van der Waals surface area contributed by atoms with Crippen molar-refractivity contribution in [2.45, 2.75) is 33.2 Å². The normalized spacial score (nSPS) is 14.8. The van der Waals surface area contributed by atoms with Crippen LogP contribution < -0.4 is 0 Å². The Labute approximate surface area is 198 Å². The van der Waals surface area contributed by atoms with Crippen LogP contribution in [0.25, 0.3) is 16.1 Å². The highest BCUT2D eigenvalue weighted by Crippen LogP contribution is 2.39. The zero-order valence-corrected chi connectivity index (χ0v) is 19.5. The van der Waals surface area contributed by atoms with E-state index in [1.165, 1.54) is 12.1 Å². The number of benzene rings is 2. The summed E-state index contributed by atoms with van der Waals surface area (Å²) in [6, 6.07) is 11.1. The summed E-state index contributed by atoms with van der Waals surface area (Å²) >= 11 is 1.60. The Kier molecular flexibility index (Phi) is 5.28. The van der Waals surface area contributed by atoms with Crippen LogP contribution in [0.5, 0.6) is 5.75 Å². The van der Waals surface area contributed by atoms with Gasteiger partial charge in [-0.05, 0) is 49.6 Å². The molecule has 172 valence electrons. The Hall–Kier alpha value is -3.85. The maximum atomic E-state index is 13.8. The van der Waals surface area contributed by atoms with Crippen molar-refractivity contribution >= 4 is 23.0 Å². The first kappa shape index (κ1) is 22.0. The number of phenols is 1. The van der Waals surface area contributed by atoms with Crippen molar-refractivity contribution in [3.05, 3.63) is 81.5 Å². The fourth-order valence-electron chi connectivity index (χ4n) is 4.20. The van der Waals surface area contributed by atoms with Gasteiger partial charge in [-0.3, -0.25) is 14.4 Å². The highest BCUT2D eigenvalue weighted by atomic mass is 32.1. The Morgan fingerprint density at radius 1 is 1.06 bits per heavy atom. The van der Waals surface area contributed by atoms with E-state index < -0.39 is 23.6 Å². The number of aromatic hydroxyl groups is 1. The number of nitrogens with zero attached hydrogens (tertiary/aromatic N) is 4. The average molecular weight is 477 g/mol. The minimum absolute atomic E-state index is 0.209. The molecule has 0 saturated heterocycles. The van der Waals surface area contributed by atoms with Crippen molar-refractivity contribution in [1.29, 1.82) is 0 Å². The molecule has 5 rings (SSSR count). The summed E-state index contributed by atoms with van der Waals surface area (Å²) in [5.41, 5.74) is 4.93. The molecule has 1 aliphatic heterocycles. The van der Waals surface area contributed by atoms with Gasteiger partial charge in [0.1, 0.15) is 16.9 Å². The van der Waals surface area contributed by atoms with Crippen molar-refractivity contribution in [1.82, 2.24) is 14.8 Å². The molecule has 4 aromatic rings. The smallest absolute Gasteiger partial charge is 0.306 e. The number of hydrogen-bond donors (Lipinski definition) is 2. The molecule has 9 heteroatoms. The Bertz CT molecular complexity index is 1470. The maximum absolute atomic E-state index is 13.8. The van der Waals surface area contributed by atoms with E-state index in [0.717, 1.165) is 32.1 Å². The van der Waals surface area contributed by atoms with Gasteiger partial charge >= 0.3 is 5.97 Å². The summed E-state index contributed by atoms with van der Waals surface area (Å²) < 4.78 is 15.8. The van der Waals surface area contributed by atoms with Crippen LogP contribution in [0.4, 0.5) is 4.39 Å². The predicted molar refractivity (Wildman–Crippen MR) is 128 cm³/mol. The standard InChI is InChI=1S/C25H21FN4O3S/c1-12-13(2)34-25-22(12)23(27-19(11-21(32)33)24-29-28-14(3)30(24)25)16-6-4-15(5-7-16)17-8-9-20(31)18(26)10-17/h4-10,19,31H,11H2,1-3H3,(H,32,33)/t19-/m0/s1. The Balaban J connectivity index is 1.67. The fourth-order valence-corrected chi connectivity index (χ4v) is 5.41. The third kappa shape index (κ3) is 3.58. The van der Waals surface area contributed by atoms with E-state index in [4.69, 9.17) is 4.99 Å². The summed E-state index contributed by atoms with van der Waals surface area (Å²) in [4.78, 5) is 17.7. The molecule has 1 aliphatic rings. The molecular formula is C25H21FN4O3S. The number of rotatable bonds is 4. The number of hydrogen-bond acceptors (Lipinski definition) is 6. The van der Waals surface area contributed by atoms with E-state index in [2.05, 4.69) is 10.2 Å². The lowest BCUT2D eigenvalue weighted by Gasteiger charge is -2.11. The largest absolute Gasteiger partial charge is 0.505 e. The minimum atomic E-state index is -0.969. The summed E-state index contributed by atoms with van der Waals surface area (Å²) in [5, 5.41) is 28.4. The number of thiophene rings is 1. The van der Waals surface area contributed by atoms with Crippen LogP contribution in [-0.2, 0) is 4.79 Å². The first-order valence-corrected chi connectivity index (χ1v) is 11.5. The van der Waals surface area contributed by atoms with E-state index in [-0.39, 0.29) is 6.42 Å². The van der Waals surface area contributed by atoms with Crippen molar-refractivity contribution in [3.63, 3.8) is 0 Å². The summed E-state index contributed by atoms with van der Waals surface area (Å²) in [5.74, 6) is -0.861. The van der Waals surface area contributed by atoms with Gasteiger partial charge in [0, 0.05) is 16.0 Å². The molecule has 2 aromatic heterocycles. The van der Waals surface area contributed by atoms with Crippen LogP contribution in [0.2, 0.25) is 0 Å². The number of aliphatic imine (C=N–C) groups is 1. The molecule has 3 heterocycles. The molecule has 0 fully saturated rings. The number of carbonyl (C=O) groups is 1. The van der Waals surface area contributed by atoms with Gasteiger partial charge in [-0.2, -0.15) is 0 Å². The molecular weight excluding hydrogens is 455 g/mol. The van der Waals surface area contributed by atoms with Crippen LogP contribution in [0.15, 0.2) is 47.5 Å². The maximum Gasteiger partial charge on any atom is 0.306 e. The first-order valence-electron chi connectivity index (χ1n) is 10.7. The van der Waals surface area contributed by atoms with Gasteiger partial charge in [0.05, 0.1) is 12.1 Å². The number of aryl methyl sites for hydroxylation is 2. The molecule has 1 atom stereocenters. The van der Waals surface area contributed by atoms with Gasteiger partial charge in [0.25, 0.3) is 0 Å². The highest BCUT2D eigenvalue weighted by molar-refractivity contribution is 7.15. The van der Waals surface area contributed by atoms with E-state index >= 15 is 0 Å². The minimum Gasteiger partial charge on any atom is -0.505 e. The quantitative estimate of drug-likeness (QED) is 0.425. The highest BCUT2D eigenvalue weighted by Gasteiger charge is 2.32. The molecule has 0 radical (unpaired) electrons. The first-order chi connectivity index (χ1) is 16.2. The van der Waals surface area contributed by atoms with E-state index in [0.29, 0.717) is 22.9 Å². The lowest BCUT2D eigenvalue weighted by atomic mass is 9.97. The fraction of sp³-hybridized carbons (Fsp3) is 0.200. The SMILES string of the molecule is Cc1sc2c(c1C)C(c1ccc(-c3ccc(O)c(F)c3)cc1)=N[C@@H](CC(=O)O)c1nnc(C)n1-2. The Morgan fingerprint density at radius 3 is 2.41 bits per heavy atom. The summed E-state index contributed by atoms with van der Waals surface area (Å²) in [7, 11) is 0. The van der Waals surface area contributed by atoms with Crippen molar-refractivity contribution in [3.8, 4) is 21.9 Å². The Morgan fingerprint density at radius 2 is 1.74 bits per heavy atom. The van der Waals surface area contributed by atoms with Gasteiger partial charge in [-0.25, -0.2) is 4.39 Å². The lowest BCUT2D eigenvalue weighted by Crippen LogP contribution is -2.10. The van der Waals surface area contributed by atoms with Gasteiger partial charge < -0.3 is 10.2 Å². The van der Waals surface area contributed by atoms with E-state index in [1.54, 1.807) is 17.4 Å². The number of aliphatic carboxylic acids is 1. The molecule has 0 unspecified atom stereocenters. The van der Waals surface area contributed by atoms with E-state index in [9.17, 15) is 19.4 Å². The average Bonchev–Trinajstić information content (AvgIpc) is 3.28. The van der Waals surface area contributed by atoms with E-state index in [1.807, 2.05) is 49.6 Å². The van der Waals surface area contributed by atoms with Gasteiger partial charge in [0.2, 0.25) is 0 Å². The number of halogens is 1. The zero-order valence-electron chi connectivity index (χ0n) is 18.7. The molecule has 0 bridgehead atoms. The molecule has 0 amide bonds. The second-order valence-corrected chi connectivity index (χ2v) is 9.44. The topological polar surface area (TPSA) is 101 Å². The number of carboxylic acids is 1. The van der Waals surface area contributed by atoms with Gasteiger partial charge in [-0.1, -0.05) is 30.3 Å². The lowest BCUT2D eigenvalue weighted by molar-refractivity contribution is -0.137. The summed E-state index contributed by atoms with van der Waals surface area (Å²) in [6.45, 7) is 5.92. The van der Waals surface area contributed by atoms with Crippen LogP contribution in [0.1, 0.15) is 45.7 Å². The van der Waals surface area contributed by atoms with Crippen LogP contribution >= 0.6 is 11.3 Å². The molecule has 0 spiro atoms. The van der Waals surface area contributed by atoms with Crippen LogP contribution in [0, 0.1) is 26.6 Å². The van der Waals surface area contributed by atoms with Crippen LogP contribution in [-0.4, -0.2) is 36.7 Å². The van der Waals surface area contributed by atoms with Crippen molar-refractivity contribution < 1.29 is 19.4 Å². The van der Waals surface area contributed by atoms with Gasteiger partial charge in [-0.15, -0.1) is 21.5 Å². The number of carboxylic acid groups (broad SMARTS) is 1. The molecule has 0 saturated carbocycles. The number of fused-ring (bicyclic) bond motifs is 3. The molecule has 2 N–H and O–H groups in total. The molecule has 34 heavy (non-hydrogen) atoms.